The van der Waals surface area contributed by atoms with E-state index in [1.165, 1.54) is 4.91 Å². The molecular formula is C16H16O4S. The Morgan fingerprint density at radius 1 is 1.48 bits per heavy atom. The van der Waals surface area contributed by atoms with Crippen molar-refractivity contribution in [3.8, 4) is 0 Å². The van der Waals surface area contributed by atoms with E-state index in [9.17, 15) is 4.79 Å². The Bertz CT molecular complexity index is 595. The van der Waals surface area contributed by atoms with Gasteiger partial charge >= 0.3 is 5.97 Å². The summed E-state index contributed by atoms with van der Waals surface area (Å²) in [7, 11) is 0. The van der Waals surface area contributed by atoms with E-state index in [4.69, 9.17) is 14.6 Å². The Morgan fingerprint density at radius 2 is 2.38 bits per heavy atom. The lowest BCUT2D eigenvalue weighted by molar-refractivity contribution is -0.139. The highest BCUT2D eigenvalue weighted by atomic mass is 32.2. The van der Waals surface area contributed by atoms with Crippen molar-refractivity contribution in [2.24, 2.45) is 0 Å². The van der Waals surface area contributed by atoms with Crippen LogP contribution in [0.5, 0.6) is 0 Å². The van der Waals surface area contributed by atoms with Crippen LogP contribution >= 0.6 is 11.8 Å². The number of fused-ring (bicyclic) bond motifs is 1. The van der Waals surface area contributed by atoms with Crippen molar-refractivity contribution < 1.29 is 19.4 Å². The predicted molar refractivity (Wildman–Crippen MR) is 81.2 cm³/mol. The van der Waals surface area contributed by atoms with Crippen molar-refractivity contribution in [1.82, 2.24) is 0 Å². The Morgan fingerprint density at radius 3 is 3.24 bits per heavy atom. The average molecular weight is 304 g/mol. The lowest BCUT2D eigenvalue weighted by atomic mass is 10.0. The number of carbonyl (C=O) groups excluding carboxylic acids is 1. The molecule has 0 bridgehead atoms. The minimum atomic E-state index is -0.425. The first kappa shape index (κ1) is 14.2. The van der Waals surface area contributed by atoms with Crippen LogP contribution in [0.2, 0.25) is 0 Å². The summed E-state index contributed by atoms with van der Waals surface area (Å²) in [5, 5.41) is 8.86. The number of esters is 1. The highest BCUT2D eigenvalue weighted by molar-refractivity contribution is 8.04. The second kappa shape index (κ2) is 6.37. The molecule has 5 heteroatoms. The molecule has 0 aromatic heterocycles. The summed E-state index contributed by atoms with van der Waals surface area (Å²) in [4.78, 5) is 13.1. The van der Waals surface area contributed by atoms with Gasteiger partial charge in [-0.25, -0.2) is 4.79 Å². The topological polar surface area (TPSA) is 55.8 Å². The van der Waals surface area contributed by atoms with Gasteiger partial charge in [0.1, 0.15) is 12.4 Å². The van der Waals surface area contributed by atoms with Crippen LogP contribution in [0.15, 0.2) is 58.5 Å². The molecular weight excluding hydrogens is 288 g/mol. The van der Waals surface area contributed by atoms with E-state index < -0.39 is 5.97 Å². The predicted octanol–water partition coefficient (Wildman–Crippen LogP) is 2.60. The zero-order valence-corrected chi connectivity index (χ0v) is 12.3. The molecule has 2 aliphatic carbocycles. The lowest BCUT2D eigenvalue weighted by Crippen LogP contribution is -2.14. The number of hydrogen-bond acceptors (Lipinski definition) is 5. The third kappa shape index (κ3) is 3.14. The van der Waals surface area contributed by atoms with E-state index in [0.717, 1.165) is 24.2 Å². The average Bonchev–Trinajstić information content (AvgIpc) is 2.71. The van der Waals surface area contributed by atoms with Gasteiger partial charge in [-0.1, -0.05) is 18.2 Å². The quantitative estimate of drug-likeness (QED) is 0.812. The maximum atomic E-state index is 11.8. The molecule has 0 saturated heterocycles. The van der Waals surface area contributed by atoms with Gasteiger partial charge in [0.15, 0.2) is 0 Å². The largest absolute Gasteiger partial charge is 0.464 e. The molecule has 1 heterocycles. The van der Waals surface area contributed by atoms with Crippen molar-refractivity contribution in [2.45, 2.75) is 18.1 Å². The minimum absolute atomic E-state index is 0.0123. The zero-order chi connectivity index (χ0) is 14.7. The molecule has 4 nitrogen and oxygen atoms in total. The van der Waals surface area contributed by atoms with Gasteiger partial charge in [0.05, 0.1) is 23.7 Å². The maximum absolute atomic E-state index is 11.8. The van der Waals surface area contributed by atoms with Gasteiger partial charge in [-0.2, -0.15) is 0 Å². The van der Waals surface area contributed by atoms with E-state index in [1.54, 1.807) is 30.2 Å². The van der Waals surface area contributed by atoms with Crippen LogP contribution in [0.1, 0.15) is 12.8 Å². The van der Waals surface area contributed by atoms with Crippen LogP contribution in [0.3, 0.4) is 0 Å². The summed E-state index contributed by atoms with van der Waals surface area (Å²) < 4.78 is 10.7. The Balaban J connectivity index is 1.77. The molecule has 1 aliphatic heterocycles. The van der Waals surface area contributed by atoms with E-state index >= 15 is 0 Å². The zero-order valence-electron chi connectivity index (χ0n) is 11.5. The molecule has 3 aliphatic rings. The van der Waals surface area contributed by atoms with Crippen molar-refractivity contribution in [1.29, 1.82) is 0 Å². The summed E-state index contributed by atoms with van der Waals surface area (Å²) in [6.45, 7) is -0.158. The second-order valence-corrected chi connectivity index (χ2v) is 6.06. The Hall–Kier alpha value is -1.72. The number of aliphatic hydroxyl groups excluding tert-OH is 1. The number of hydrogen-bond donors (Lipinski definition) is 1. The summed E-state index contributed by atoms with van der Waals surface area (Å²) in [5.74, 6) is 0.478. The van der Waals surface area contributed by atoms with Crippen molar-refractivity contribution in [3.63, 3.8) is 0 Å². The van der Waals surface area contributed by atoms with E-state index in [-0.39, 0.29) is 18.5 Å². The van der Waals surface area contributed by atoms with Gasteiger partial charge in [-0.05, 0) is 25.0 Å². The highest BCUT2D eigenvalue weighted by Gasteiger charge is 2.25. The number of ether oxygens (including phenoxy) is 2. The molecule has 0 amide bonds. The van der Waals surface area contributed by atoms with Gasteiger partial charge in [0, 0.05) is 10.5 Å². The maximum Gasteiger partial charge on any atom is 0.338 e. The molecule has 0 aromatic carbocycles. The molecule has 3 rings (SSSR count). The van der Waals surface area contributed by atoms with Gasteiger partial charge < -0.3 is 14.6 Å². The molecule has 0 spiro atoms. The van der Waals surface area contributed by atoms with E-state index in [0.29, 0.717) is 5.57 Å². The van der Waals surface area contributed by atoms with Gasteiger partial charge in [-0.3, -0.25) is 0 Å². The smallest absolute Gasteiger partial charge is 0.338 e. The normalized spacial score (nSPS) is 23.4. The fourth-order valence-electron chi connectivity index (χ4n) is 2.30. The Kier molecular flexibility index (Phi) is 4.31. The third-order valence-electron chi connectivity index (χ3n) is 3.33. The van der Waals surface area contributed by atoms with E-state index in [1.807, 2.05) is 12.2 Å². The molecule has 110 valence electrons. The standard InChI is InChI=1S/C16H16O4S/c17-7-8-19-16(18)11-5-6-14-12(9-11)10-20-13-3-1-2-4-15(13)21-14/h1,3,5-6,9-10,14,17H,2,4,7-8H2. The Labute approximate surface area is 127 Å². The van der Waals surface area contributed by atoms with Crippen molar-refractivity contribution >= 4 is 17.7 Å². The molecule has 0 fully saturated rings. The third-order valence-corrected chi connectivity index (χ3v) is 4.71. The van der Waals surface area contributed by atoms with Crippen molar-refractivity contribution in [3.05, 3.63) is 58.5 Å². The first-order chi connectivity index (χ1) is 10.3. The van der Waals surface area contributed by atoms with Crippen LogP contribution in [-0.2, 0) is 14.3 Å². The van der Waals surface area contributed by atoms with Gasteiger partial charge in [0.25, 0.3) is 0 Å². The van der Waals surface area contributed by atoms with Crippen LogP contribution in [0, 0.1) is 0 Å². The number of rotatable bonds is 3. The highest BCUT2D eigenvalue weighted by Crippen LogP contribution is 2.40. The number of thioether (sulfide) groups is 1. The lowest BCUT2D eigenvalue weighted by Gasteiger charge is -2.18. The summed E-state index contributed by atoms with van der Waals surface area (Å²) in [6, 6.07) is 0. The first-order valence-corrected chi connectivity index (χ1v) is 7.77. The van der Waals surface area contributed by atoms with Crippen LogP contribution in [-0.4, -0.2) is 29.5 Å². The van der Waals surface area contributed by atoms with Crippen LogP contribution in [0.4, 0.5) is 0 Å². The molecule has 0 radical (unpaired) electrons. The molecule has 1 unspecified atom stereocenters. The molecule has 0 aromatic rings. The molecule has 0 saturated carbocycles. The van der Waals surface area contributed by atoms with Crippen molar-refractivity contribution in [2.75, 3.05) is 13.2 Å². The number of carbonyl (C=O) groups is 1. The monoisotopic (exact) mass is 304 g/mol. The first-order valence-electron chi connectivity index (χ1n) is 6.89. The van der Waals surface area contributed by atoms with E-state index in [2.05, 4.69) is 6.08 Å². The number of allylic oxidation sites excluding steroid dienone is 4. The second-order valence-electron chi connectivity index (χ2n) is 4.82. The van der Waals surface area contributed by atoms with Gasteiger partial charge in [-0.15, -0.1) is 11.8 Å². The SMILES string of the molecule is O=C(OCCO)C1=CC2=COC3=C(CCC=C3)SC2C=C1. The molecule has 21 heavy (non-hydrogen) atoms. The van der Waals surface area contributed by atoms with Gasteiger partial charge in [0.2, 0.25) is 0 Å². The fourth-order valence-corrected chi connectivity index (χ4v) is 3.49. The summed E-state index contributed by atoms with van der Waals surface area (Å²) in [6.07, 6.45) is 13.4. The fraction of sp³-hybridized carbons (Fsp3) is 0.312. The van der Waals surface area contributed by atoms with Crippen LogP contribution in [0.25, 0.3) is 0 Å². The minimum Gasteiger partial charge on any atom is -0.464 e. The van der Waals surface area contributed by atoms with Crippen LogP contribution < -0.4 is 0 Å². The molecule has 1 N–H and O–H groups in total. The number of aliphatic hydroxyl groups is 1. The molecule has 1 atom stereocenters. The summed E-state index contributed by atoms with van der Waals surface area (Å²) >= 11 is 1.76. The summed E-state index contributed by atoms with van der Waals surface area (Å²) in [5.41, 5.74) is 1.42.